The number of benzene rings is 2. The summed E-state index contributed by atoms with van der Waals surface area (Å²) in [7, 11) is 2.01. The highest BCUT2D eigenvalue weighted by molar-refractivity contribution is 6.30. The molecule has 0 amide bonds. The molecule has 21 heavy (non-hydrogen) atoms. The Hall–Kier alpha value is -1.31. The van der Waals surface area contributed by atoms with Gasteiger partial charge in [0.25, 0.3) is 0 Å². The predicted octanol–water partition coefficient (Wildman–Crippen LogP) is 5.22. The number of halogens is 1. The van der Waals surface area contributed by atoms with E-state index >= 15 is 0 Å². The molecule has 2 aromatic carbocycles. The average Bonchev–Trinajstić information content (AvgIpc) is 2.37. The van der Waals surface area contributed by atoms with Crippen molar-refractivity contribution in [3.63, 3.8) is 0 Å². The van der Waals surface area contributed by atoms with Crippen LogP contribution in [-0.2, 0) is 0 Å². The molecule has 0 bridgehead atoms. The van der Waals surface area contributed by atoms with Gasteiger partial charge in [-0.1, -0.05) is 48.4 Å². The Morgan fingerprint density at radius 2 is 1.90 bits per heavy atom. The SMILES string of the molecule is CNC(c1cc(C)cc(Cl)c1)c1cccc(C2CCC2)c1. The molecule has 1 unspecified atom stereocenters. The van der Waals surface area contributed by atoms with Crippen LogP contribution in [0.2, 0.25) is 5.02 Å². The maximum Gasteiger partial charge on any atom is 0.0575 e. The van der Waals surface area contributed by atoms with Crippen LogP contribution in [0.3, 0.4) is 0 Å². The van der Waals surface area contributed by atoms with Crippen LogP contribution in [0.1, 0.15) is 53.5 Å². The lowest BCUT2D eigenvalue weighted by Crippen LogP contribution is -2.18. The molecule has 1 atom stereocenters. The topological polar surface area (TPSA) is 12.0 Å². The molecule has 0 heterocycles. The third-order valence-corrected chi connectivity index (χ3v) is 4.73. The van der Waals surface area contributed by atoms with Gasteiger partial charge in [-0.3, -0.25) is 0 Å². The van der Waals surface area contributed by atoms with Gasteiger partial charge in [0, 0.05) is 5.02 Å². The molecular formula is C19H22ClN. The Morgan fingerprint density at radius 1 is 1.10 bits per heavy atom. The van der Waals surface area contributed by atoms with Crippen LogP contribution in [0.15, 0.2) is 42.5 Å². The van der Waals surface area contributed by atoms with Gasteiger partial charge in [-0.05, 0) is 67.1 Å². The molecule has 1 aliphatic carbocycles. The summed E-state index contributed by atoms with van der Waals surface area (Å²) in [4.78, 5) is 0. The maximum absolute atomic E-state index is 6.22. The molecule has 0 spiro atoms. The first-order valence-corrected chi connectivity index (χ1v) is 8.09. The van der Waals surface area contributed by atoms with Gasteiger partial charge in [0.15, 0.2) is 0 Å². The molecule has 0 aliphatic heterocycles. The lowest BCUT2D eigenvalue weighted by molar-refractivity contribution is 0.419. The van der Waals surface area contributed by atoms with Crippen molar-refractivity contribution in [2.45, 2.75) is 38.1 Å². The molecule has 1 saturated carbocycles. The van der Waals surface area contributed by atoms with Crippen LogP contribution in [0.25, 0.3) is 0 Å². The van der Waals surface area contributed by atoms with E-state index in [0.717, 1.165) is 10.9 Å². The normalized spacial score (nSPS) is 16.5. The number of aryl methyl sites for hydroxylation is 1. The van der Waals surface area contributed by atoms with E-state index in [1.165, 1.54) is 41.5 Å². The monoisotopic (exact) mass is 299 g/mol. The van der Waals surface area contributed by atoms with Gasteiger partial charge in [-0.25, -0.2) is 0 Å². The van der Waals surface area contributed by atoms with E-state index in [9.17, 15) is 0 Å². The minimum Gasteiger partial charge on any atom is -0.309 e. The molecule has 0 aromatic heterocycles. The molecule has 3 rings (SSSR count). The van der Waals surface area contributed by atoms with Crippen LogP contribution >= 0.6 is 11.6 Å². The smallest absolute Gasteiger partial charge is 0.0575 e. The average molecular weight is 300 g/mol. The van der Waals surface area contributed by atoms with E-state index in [1.807, 2.05) is 13.1 Å². The first-order valence-electron chi connectivity index (χ1n) is 7.71. The van der Waals surface area contributed by atoms with Gasteiger partial charge < -0.3 is 5.32 Å². The Morgan fingerprint density at radius 3 is 2.52 bits per heavy atom. The first-order chi connectivity index (χ1) is 10.2. The van der Waals surface area contributed by atoms with Crippen LogP contribution < -0.4 is 5.32 Å². The zero-order valence-corrected chi connectivity index (χ0v) is 13.5. The zero-order chi connectivity index (χ0) is 14.8. The second kappa shape index (κ2) is 6.21. The third-order valence-electron chi connectivity index (χ3n) is 4.51. The quantitative estimate of drug-likeness (QED) is 0.815. The largest absolute Gasteiger partial charge is 0.309 e. The Labute approximate surface area is 132 Å². The fourth-order valence-corrected chi connectivity index (χ4v) is 3.49. The molecule has 1 N–H and O–H groups in total. The summed E-state index contributed by atoms with van der Waals surface area (Å²) >= 11 is 6.22. The van der Waals surface area contributed by atoms with E-state index in [4.69, 9.17) is 11.6 Å². The van der Waals surface area contributed by atoms with Gasteiger partial charge in [0.2, 0.25) is 0 Å². The Balaban J connectivity index is 1.95. The maximum atomic E-state index is 6.22. The van der Waals surface area contributed by atoms with Crippen LogP contribution in [0, 0.1) is 6.92 Å². The van der Waals surface area contributed by atoms with Crippen molar-refractivity contribution in [2.24, 2.45) is 0 Å². The molecule has 2 heteroatoms. The van der Waals surface area contributed by atoms with E-state index in [0.29, 0.717) is 0 Å². The molecule has 2 aromatic rings. The van der Waals surface area contributed by atoms with Gasteiger partial charge in [0.05, 0.1) is 6.04 Å². The van der Waals surface area contributed by atoms with E-state index < -0.39 is 0 Å². The van der Waals surface area contributed by atoms with Gasteiger partial charge in [-0.2, -0.15) is 0 Å². The molecule has 0 saturated heterocycles. The molecule has 1 nitrogen and oxygen atoms in total. The van der Waals surface area contributed by atoms with Crippen molar-refractivity contribution in [2.75, 3.05) is 7.05 Å². The predicted molar refractivity (Wildman–Crippen MR) is 90.1 cm³/mol. The highest BCUT2D eigenvalue weighted by atomic mass is 35.5. The van der Waals surface area contributed by atoms with Crippen molar-refractivity contribution in [1.29, 1.82) is 0 Å². The van der Waals surface area contributed by atoms with Crippen LogP contribution in [0.4, 0.5) is 0 Å². The fraction of sp³-hybridized carbons (Fsp3) is 0.368. The minimum absolute atomic E-state index is 0.197. The number of rotatable bonds is 4. The van der Waals surface area contributed by atoms with E-state index in [1.54, 1.807) is 0 Å². The van der Waals surface area contributed by atoms with Crippen LogP contribution in [-0.4, -0.2) is 7.05 Å². The minimum atomic E-state index is 0.197. The van der Waals surface area contributed by atoms with E-state index in [2.05, 4.69) is 48.6 Å². The number of hydrogen-bond acceptors (Lipinski definition) is 1. The van der Waals surface area contributed by atoms with Crippen molar-refractivity contribution in [3.8, 4) is 0 Å². The molecule has 110 valence electrons. The van der Waals surface area contributed by atoms with Crippen LogP contribution in [0.5, 0.6) is 0 Å². The van der Waals surface area contributed by atoms with Crippen molar-refractivity contribution in [3.05, 3.63) is 69.7 Å². The number of hydrogen-bond donors (Lipinski definition) is 1. The second-order valence-corrected chi connectivity index (χ2v) is 6.52. The van der Waals surface area contributed by atoms with Crippen molar-refractivity contribution in [1.82, 2.24) is 5.32 Å². The summed E-state index contributed by atoms with van der Waals surface area (Å²) in [6.45, 7) is 2.09. The highest BCUT2D eigenvalue weighted by Crippen LogP contribution is 2.37. The highest BCUT2D eigenvalue weighted by Gasteiger charge is 2.21. The summed E-state index contributed by atoms with van der Waals surface area (Å²) in [6, 6.07) is 15.5. The summed E-state index contributed by atoms with van der Waals surface area (Å²) in [5.74, 6) is 0.767. The third kappa shape index (κ3) is 3.14. The van der Waals surface area contributed by atoms with Gasteiger partial charge in [0.1, 0.15) is 0 Å². The van der Waals surface area contributed by atoms with Gasteiger partial charge in [-0.15, -0.1) is 0 Å². The summed E-state index contributed by atoms with van der Waals surface area (Å²) in [5.41, 5.74) is 5.24. The Kier molecular flexibility index (Phi) is 4.32. The van der Waals surface area contributed by atoms with Crippen molar-refractivity contribution < 1.29 is 0 Å². The fourth-order valence-electron chi connectivity index (χ4n) is 3.19. The molecule has 0 radical (unpaired) electrons. The Bertz CT molecular complexity index is 611. The summed E-state index contributed by atoms with van der Waals surface area (Å²) in [5, 5.41) is 4.24. The van der Waals surface area contributed by atoms with Gasteiger partial charge >= 0.3 is 0 Å². The molecular weight excluding hydrogens is 278 g/mol. The standard InChI is InChI=1S/C19H22ClN/c1-13-9-17(12-18(20)10-13)19(21-2)16-8-4-7-15(11-16)14-5-3-6-14/h4,7-12,14,19,21H,3,5-6H2,1-2H3. The molecule has 1 aliphatic rings. The summed E-state index contributed by atoms with van der Waals surface area (Å²) < 4.78 is 0. The van der Waals surface area contributed by atoms with Crippen molar-refractivity contribution >= 4 is 11.6 Å². The second-order valence-electron chi connectivity index (χ2n) is 6.08. The summed E-state index contributed by atoms with van der Waals surface area (Å²) in [6.07, 6.45) is 4.05. The lowest BCUT2D eigenvalue weighted by Gasteiger charge is -2.27. The van der Waals surface area contributed by atoms with E-state index in [-0.39, 0.29) is 6.04 Å². The molecule has 1 fully saturated rings. The zero-order valence-electron chi connectivity index (χ0n) is 12.7. The number of nitrogens with one attached hydrogen (secondary N) is 1. The first kappa shape index (κ1) is 14.6. The lowest BCUT2D eigenvalue weighted by atomic mass is 9.79.